The monoisotopic (exact) mass is 355 g/mol. The molecule has 2 heterocycles. The number of halogens is 2. The van der Waals surface area contributed by atoms with Crippen LogP contribution in [0.4, 0.5) is 10.2 Å². The van der Waals surface area contributed by atoms with Gasteiger partial charge < -0.3 is 5.32 Å². The smallest absolute Gasteiger partial charge is 0.145 e. The van der Waals surface area contributed by atoms with Gasteiger partial charge in [0.2, 0.25) is 0 Å². The van der Waals surface area contributed by atoms with Crippen LogP contribution in [0.2, 0.25) is 0 Å². The summed E-state index contributed by atoms with van der Waals surface area (Å²) >= 11 is 0. The van der Waals surface area contributed by atoms with Crippen molar-refractivity contribution in [3.8, 4) is 11.1 Å². The third kappa shape index (κ3) is 3.59. The molecule has 0 unspecified atom stereocenters. The minimum Gasteiger partial charge on any atom is -0.365 e. The average molecular weight is 356 g/mol. The van der Waals surface area contributed by atoms with Crippen molar-refractivity contribution in [1.82, 2.24) is 20.2 Å². The van der Waals surface area contributed by atoms with Crippen LogP contribution in [0.25, 0.3) is 22.2 Å². The number of aromatic amines is 1. The van der Waals surface area contributed by atoms with E-state index in [0.717, 1.165) is 22.2 Å². The third-order valence-corrected chi connectivity index (χ3v) is 3.79. The maximum atomic E-state index is 13.6. The summed E-state index contributed by atoms with van der Waals surface area (Å²) in [6, 6.07) is 12.5. The van der Waals surface area contributed by atoms with Gasteiger partial charge in [0.1, 0.15) is 11.6 Å². The van der Waals surface area contributed by atoms with Gasteiger partial charge in [0.25, 0.3) is 0 Å². The van der Waals surface area contributed by atoms with Crippen LogP contribution in [-0.2, 0) is 6.54 Å². The van der Waals surface area contributed by atoms with Gasteiger partial charge in [-0.05, 0) is 23.8 Å². The van der Waals surface area contributed by atoms with Gasteiger partial charge in [0, 0.05) is 23.9 Å². The van der Waals surface area contributed by atoms with Crippen molar-refractivity contribution >= 4 is 29.3 Å². The summed E-state index contributed by atoms with van der Waals surface area (Å²) in [6.07, 6.45) is 5.25. The first-order valence-corrected chi connectivity index (χ1v) is 7.53. The highest BCUT2D eigenvalue weighted by molar-refractivity contribution is 5.85. The molecule has 4 rings (SSSR count). The minimum atomic E-state index is -0.233. The summed E-state index contributed by atoms with van der Waals surface area (Å²) in [6.45, 7) is 0.361. The molecule has 0 aliphatic heterocycles. The van der Waals surface area contributed by atoms with E-state index in [9.17, 15) is 4.39 Å². The predicted molar refractivity (Wildman–Crippen MR) is 98.1 cm³/mol. The first-order valence-electron chi connectivity index (χ1n) is 7.53. The van der Waals surface area contributed by atoms with Gasteiger partial charge in [-0.25, -0.2) is 9.37 Å². The van der Waals surface area contributed by atoms with E-state index in [4.69, 9.17) is 0 Å². The van der Waals surface area contributed by atoms with Crippen LogP contribution in [0.3, 0.4) is 0 Å². The summed E-state index contributed by atoms with van der Waals surface area (Å²) in [4.78, 5) is 8.96. The number of anilines is 1. The Bertz CT molecular complexity index is 988. The maximum absolute atomic E-state index is 13.6. The second-order valence-corrected chi connectivity index (χ2v) is 5.39. The largest absolute Gasteiger partial charge is 0.365 e. The zero-order valence-electron chi connectivity index (χ0n) is 13.1. The number of hydrogen-bond donors (Lipinski definition) is 2. The molecular weight excluding hydrogens is 341 g/mol. The van der Waals surface area contributed by atoms with E-state index < -0.39 is 0 Å². The molecule has 5 nitrogen and oxygen atoms in total. The first kappa shape index (κ1) is 16.9. The van der Waals surface area contributed by atoms with Crippen molar-refractivity contribution in [3.63, 3.8) is 0 Å². The van der Waals surface area contributed by atoms with Crippen molar-refractivity contribution in [2.45, 2.75) is 6.54 Å². The fraction of sp³-hybridized carbons (Fsp3) is 0.0556. The Hall–Kier alpha value is -2.99. The summed E-state index contributed by atoms with van der Waals surface area (Å²) in [7, 11) is 0. The average Bonchev–Trinajstić information content (AvgIpc) is 3.15. The second kappa shape index (κ2) is 7.27. The van der Waals surface area contributed by atoms with E-state index in [2.05, 4.69) is 25.5 Å². The van der Waals surface area contributed by atoms with Crippen molar-refractivity contribution in [2.24, 2.45) is 0 Å². The summed E-state index contributed by atoms with van der Waals surface area (Å²) in [5.74, 6) is 0.380. The van der Waals surface area contributed by atoms with E-state index in [-0.39, 0.29) is 18.2 Å². The van der Waals surface area contributed by atoms with Gasteiger partial charge in [-0.2, -0.15) is 5.10 Å². The van der Waals surface area contributed by atoms with Gasteiger partial charge in [0.05, 0.1) is 23.4 Å². The molecule has 0 saturated heterocycles. The van der Waals surface area contributed by atoms with Crippen LogP contribution in [-0.4, -0.2) is 20.2 Å². The Labute approximate surface area is 149 Å². The van der Waals surface area contributed by atoms with Gasteiger partial charge in [0.15, 0.2) is 0 Å². The van der Waals surface area contributed by atoms with Crippen LogP contribution in [0.1, 0.15) is 5.56 Å². The molecule has 126 valence electrons. The van der Waals surface area contributed by atoms with E-state index >= 15 is 0 Å². The van der Waals surface area contributed by atoms with Crippen LogP contribution >= 0.6 is 12.4 Å². The zero-order valence-corrected chi connectivity index (χ0v) is 13.9. The maximum Gasteiger partial charge on any atom is 0.145 e. The number of nitrogens with zero attached hydrogens (tertiary/aromatic N) is 3. The van der Waals surface area contributed by atoms with E-state index in [0.29, 0.717) is 17.9 Å². The summed E-state index contributed by atoms with van der Waals surface area (Å²) in [5.41, 5.74) is 4.19. The van der Waals surface area contributed by atoms with Gasteiger partial charge >= 0.3 is 0 Å². The van der Waals surface area contributed by atoms with E-state index in [1.54, 1.807) is 24.5 Å². The van der Waals surface area contributed by atoms with Crippen LogP contribution in [0.5, 0.6) is 0 Å². The van der Waals surface area contributed by atoms with Gasteiger partial charge in [-0.3, -0.25) is 10.1 Å². The van der Waals surface area contributed by atoms with Crippen LogP contribution in [0.15, 0.2) is 61.1 Å². The Morgan fingerprint density at radius 3 is 2.68 bits per heavy atom. The van der Waals surface area contributed by atoms with Crippen LogP contribution < -0.4 is 5.32 Å². The lowest BCUT2D eigenvalue weighted by Gasteiger charge is -2.07. The number of hydrogen-bond acceptors (Lipinski definition) is 4. The molecule has 0 aliphatic rings. The lowest BCUT2D eigenvalue weighted by molar-refractivity contribution is 0.613. The standard InChI is InChI=1S/C18H14FN5.ClH/c19-15-4-2-1-3-13(15)8-21-18-11-20-17-7-12(5-6-16(17)24-18)14-9-22-23-10-14;/h1-7,9-11H,8H2,(H,21,24)(H,22,23);1H. The lowest BCUT2D eigenvalue weighted by atomic mass is 10.1. The quantitative estimate of drug-likeness (QED) is 0.576. The van der Waals surface area contributed by atoms with Crippen molar-refractivity contribution in [2.75, 3.05) is 5.32 Å². The molecule has 2 aromatic carbocycles. The number of H-pyrrole nitrogens is 1. The third-order valence-electron chi connectivity index (χ3n) is 3.79. The number of aromatic nitrogens is 4. The molecule has 0 fully saturated rings. The topological polar surface area (TPSA) is 66.5 Å². The number of rotatable bonds is 4. The SMILES string of the molecule is Cl.Fc1ccccc1CNc1cnc2cc(-c3cn[nH]c3)ccc2n1. The molecule has 2 N–H and O–H groups in total. The first-order chi connectivity index (χ1) is 11.8. The Kier molecular flexibility index (Phi) is 4.90. The molecule has 0 radical (unpaired) electrons. The number of nitrogens with one attached hydrogen (secondary N) is 2. The van der Waals surface area contributed by atoms with Crippen molar-refractivity contribution in [1.29, 1.82) is 0 Å². The van der Waals surface area contributed by atoms with Crippen LogP contribution in [0, 0.1) is 5.82 Å². The molecule has 4 aromatic rings. The summed E-state index contributed by atoms with van der Waals surface area (Å²) < 4.78 is 13.6. The lowest BCUT2D eigenvalue weighted by Crippen LogP contribution is -2.03. The molecule has 0 spiro atoms. The molecule has 0 aliphatic carbocycles. The molecule has 0 amide bonds. The van der Waals surface area contributed by atoms with Crippen molar-refractivity contribution in [3.05, 3.63) is 72.4 Å². The van der Waals surface area contributed by atoms with Gasteiger partial charge in [-0.15, -0.1) is 12.4 Å². The zero-order chi connectivity index (χ0) is 16.4. The predicted octanol–water partition coefficient (Wildman–Crippen LogP) is 4.19. The van der Waals surface area contributed by atoms with Crippen molar-refractivity contribution < 1.29 is 4.39 Å². The highest BCUT2D eigenvalue weighted by Crippen LogP contribution is 2.22. The molecule has 7 heteroatoms. The highest BCUT2D eigenvalue weighted by Gasteiger charge is 2.05. The van der Waals surface area contributed by atoms with Gasteiger partial charge in [-0.1, -0.05) is 24.3 Å². The fourth-order valence-electron chi connectivity index (χ4n) is 2.51. The molecule has 0 saturated carbocycles. The Morgan fingerprint density at radius 2 is 1.88 bits per heavy atom. The Morgan fingerprint density at radius 1 is 1.00 bits per heavy atom. The van der Waals surface area contributed by atoms with E-state index in [1.807, 2.05) is 30.5 Å². The molecule has 0 bridgehead atoms. The molecule has 0 atom stereocenters. The number of benzene rings is 2. The molecule has 25 heavy (non-hydrogen) atoms. The normalized spacial score (nSPS) is 10.4. The minimum absolute atomic E-state index is 0. The van der Waals surface area contributed by atoms with E-state index in [1.165, 1.54) is 6.07 Å². The fourth-order valence-corrected chi connectivity index (χ4v) is 2.51. The molecule has 2 aromatic heterocycles. The summed E-state index contributed by atoms with van der Waals surface area (Å²) in [5, 5.41) is 9.85. The Balaban J connectivity index is 0.00000182. The highest BCUT2D eigenvalue weighted by atomic mass is 35.5. The second-order valence-electron chi connectivity index (χ2n) is 5.39. The molecular formula is C18H15ClFN5. The number of fused-ring (bicyclic) bond motifs is 1.